The van der Waals surface area contributed by atoms with Crippen LogP contribution < -0.4 is 15.4 Å². The molecule has 3 rings (SSSR count). The summed E-state index contributed by atoms with van der Waals surface area (Å²) < 4.78 is 11.2. The molecule has 8 heteroatoms. The van der Waals surface area contributed by atoms with Crippen molar-refractivity contribution in [3.63, 3.8) is 0 Å². The fourth-order valence-electron chi connectivity index (χ4n) is 4.39. The van der Waals surface area contributed by atoms with Crippen molar-refractivity contribution in [2.24, 2.45) is 4.99 Å². The smallest absolute Gasteiger partial charge is 0.410 e. The number of nitrogens with one attached hydrogen (secondary N) is 2. The first-order valence-electron chi connectivity index (χ1n) is 11.9. The van der Waals surface area contributed by atoms with Crippen LogP contribution >= 0.6 is 0 Å². The van der Waals surface area contributed by atoms with E-state index in [2.05, 4.69) is 29.5 Å². The highest BCUT2D eigenvalue weighted by atomic mass is 16.6. The van der Waals surface area contributed by atoms with Crippen molar-refractivity contribution in [2.45, 2.75) is 97.0 Å². The fraction of sp³-hybridized carbons (Fsp3) is 0.708. The molecule has 0 saturated carbocycles. The second-order valence-electron chi connectivity index (χ2n) is 9.63. The van der Waals surface area contributed by atoms with Crippen molar-refractivity contribution < 1.29 is 14.3 Å². The number of piperidine rings is 1. The SMILES string of the molecule is CCCOc1ccc(CN=C(NCC)NC2CC3CCC(C2)N3C(=O)OC(C)(C)C)cn1. The van der Waals surface area contributed by atoms with Crippen LogP contribution in [0.4, 0.5) is 4.79 Å². The molecule has 2 aliphatic heterocycles. The first-order valence-corrected chi connectivity index (χ1v) is 11.9. The van der Waals surface area contributed by atoms with E-state index in [1.807, 2.05) is 44.0 Å². The van der Waals surface area contributed by atoms with Gasteiger partial charge in [-0.25, -0.2) is 14.8 Å². The Morgan fingerprint density at radius 1 is 1.22 bits per heavy atom. The molecular formula is C24H39N5O3. The third-order valence-corrected chi connectivity index (χ3v) is 5.69. The average Bonchev–Trinajstić information content (AvgIpc) is 3.01. The van der Waals surface area contributed by atoms with Crippen LogP contribution in [-0.4, -0.2) is 58.8 Å². The van der Waals surface area contributed by atoms with E-state index in [4.69, 9.17) is 14.5 Å². The lowest BCUT2D eigenvalue weighted by Gasteiger charge is -2.40. The first-order chi connectivity index (χ1) is 15.3. The Balaban J connectivity index is 1.57. The first kappa shape index (κ1) is 24.1. The topological polar surface area (TPSA) is 88.1 Å². The summed E-state index contributed by atoms with van der Waals surface area (Å²) in [6, 6.07) is 4.63. The number of rotatable bonds is 7. The van der Waals surface area contributed by atoms with Gasteiger partial charge >= 0.3 is 6.09 Å². The van der Waals surface area contributed by atoms with Crippen LogP contribution in [0, 0.1) is 0 Å². The normalized spacial score (nSPS) is 23.1. The largest absolute Gasteiger partial charge is 0.478 e. The monoisotopic (exact) mass is 445 g/mol. The summed E-state index contributed by atoms with van der Waals surface area (Å²) in [5.41, 5.74) is 0.567. The van der Waals surface area contributed by atoms with Gasteiger partial charge in [0.05, 0.1) is 13.2 Å². The van der Waals surface area contributed by atoms with E-state index in [1.54, 1.807) is 0 Å². The number of hydrogen-bond acceptors (Lipinski definition) is 5. The van der Waals surface area contributed by atoms with Gasteiger partial charge in [-0.15, -0.1) is 0 Å². The lowest BCUT2D eigenvalue weighted by molar-refractivity contribution is 0.00545. The maximum atomic E-state index is 12.7. The maximum Gasteiger partial charge on any atom is 0.410 e. The summed E-state index contributed by atoms with van der Waals surface area (Å²) in [6.45, 7) is 11.9. The summed E-state index contributed by atoms with van der Waals surface area (Å²) in [4.78, 5) is 23.8. The van der Waals surface area contributed by atoms with E-state index in [1.165, 1.54) is 0 Å². The third kappa shape index (κ3) is 6.74. The molecular weight excluding hydrogens is 406 g/mol. The number of fused-ring (bicyclic) bond motifs is 2. The predicted molar refractivity (Wildman–Crippen MR) is 126 cm³/mol. The molecule has 2 saturated heterocycles. The number of nitrogens with zero attached hydrogens (tertiary/aromatic N) is 3. The van der Waals surface area contributed by atoms with Crippen molar-refractivity contribution in [3.05, 3.63) is 23.9 Å². The molecule has 1 aromatic heterocycles. The van der Waals surface area contributed by atoms with Crippen molar-refractivity contribution in [1.82, 2.24) is 20.5 Å². The van der Waals surface area contributed by atoms with Crippen molar-refractivity contribution in [2.75, 3.05) is 13.2 Å². The van der Waals surface area contributed by atoms with Gasteiger partial charge in [-0.2, -0.15) is 0 Å². The van der Waals surface area contributed by atoms with Crippen LogP contribution in [0.15, 0.2) is 23.3 Å². The van der Waals surface area contributed by atoms with Gasteiger partial charge in [-0.3, -0.25) is 0 Å². The van der Waals surface area contributed by atoms with Gasteiger partial charge < -0.3 is 25.0 Å². The summed E-state index contributed by atoms with van der Waals surface area (Å²) in [6.07, 6.45) is 6.49. The van der Waals surface area contributed by atoms with E-state index < -0.39 is 5.60 Å². The van der Waals surface area contributed by atoms with E-state index >= 15 is 0 Å². The van der Waals surface area contributed by atoms with Gasteiger partial charge in [0.25, 0.3) is 0 Å². The highest BCUT2D eigenvalue weighted by Crippen LogP contribution is 2.36. The molecule has 2 unspecified atom stereocenters. The number of carbonyl (C=O) groups excluding carboxylic acids is 1. The minimum atomic E-state index is -0.467. The van der Waals surface area contributed by atoms with Gasteiger partial charge in [-0.05, 0) is 65.4 Å². The molecule has 2 bridgehead atoms. The molecule has 8 nitrogen and oxygen atoms in total. The Morgan fingerprint density at radius 3 is 2.50 bits per heavy atom. The summed E-state index contributed by atoms with van der Waals surface area (Å²) in [5, 5.41) is 6.93. The molecule has 3 heterocycles. The molecule has 178 valence electrons. The molecule has 2 fully saturated rings. The molecule has 2 aliphatic rings. The average molecular weight is 446 g/mol. The molecule has 1 amide bonds. The molecule has 1 aromatic rings. The standard InChI is InChI=1S/C24H39N5O3/c1-6-12-31-21-11-8-17(15-26-21)16-27-22(25-7-2)28-18-13-19-9-10-20(14-18)29(19)23(30)32-24(3,4)5/h8,11,15,18-20H,6-7,9-10,12-14,16H2,1-5H3,(H2,25,27,28). The van der Waals surface area contributed by atoms with Crippen LogP contribution in [0.1, 0.15) is 72.3 Å². The second kappa shape index (κ2) is 10.9. The Labute approximate surface area is 192 Å². The zero-order chi connectivity index (χ0) is 23.1. The van der Waals surface area contributed by atoms with Crippen LogP contribution in [0.5, 0.6) is 5.88 Å². The number of pyridine rings is 1. The molecule has 0 aliphatic carbocycles. The summed E-state index contributed by atoms with van der Waals surface area (Å²) >= 11 is 0. The fourth-order valence-corrected chi connectivity index (χ4v) is 4.39. The van der Waals surface area contributed by atoms with Crippen molar-refractivity contribution >= 4 is 12.1 Å². The Bertz CT molecular complexity index is 761. The van der Waals surface area contributed by atoms with E-state index in [0.717, 1.165) is 50.2 Å². The third-order valence-electron chi connectivity index (χ3n) is 5.69. The quantitative estimate of drug-likeness (QED) is 0.490. The van der Waals surface area contributed by atoms with Gasteiger partial charge in [-0.1, -0.05) is 13.0 Å². The summed E-state index contributed by atoms with van der Waals surface area (Å²) in [7, 11) is 0. The number of guanidine groups is 1. The van der Waals surface area contributed by atoms with Crippen LogP contribution in [0.25, 0.3) is 0 Å². The molecule has 0 spiro atoms. The number of aliphatic imine (C=N–C) groups is 1. The minimum absolute atomic E-state index is 0.178. The highest BCUT2D eigenvalue weighted by molar-refractivity contribution is 5.80. The van der Waals surface area contributed by atoms with Crippen LogP contribution in [0.2, 0.25) is 0 Å². The van der Waals surface area contributed by atoms with Crippen LogP contribution in [0.3, 0.4) is 0 Å². The zero-order valence-electron chi connectivity index (χ0n) is 20.2. The van der Waals surface area contributed by atoms with Gasteiger partial charge in [0, 0.05) is 36.9 Å². The number of aromatic nitrogens is 1. The molecule has 32 heavy (non-hydrogen) atoms. The van der Waals surface area contributed by atoms with Crippen molar-refractivity contribution in [3.8, 4) is 5.88 Å². The molecule has 0 aromatic carbocycles. The van der Waals surface area contributed by atoms with Gasteiger partial charge in [0.1, 0.15) is 5.60 Å². The Hall–Kier alpha value is -2.51. The zero-order valence-corrected chi connectivity index (χ0v) is 20.2. The van der Waals surface area contributed by atoms with Crippen LogP contribution in [-0.2, 0) is 11.3 Å². The summed E-state index contributed by atoms with van der Waals surface area (Å²) in [5.74, 6) is 1.45. The minimum Gasteiger partial charge on any atom is -0.478 e. The number of ether oxygens (including phenoxy) is 2. The number of amides is 1. The number of carbonyl (C=O) groups is 1. The Kier molecular flexibility index (Phi) is 8.21. The van der Waals surface area contributed by atoms with E-state index in [-0.39, 0.29) is 24.2 Å². The number of hydrogen-bond donors (Lipinski definition) is 2. The molecule has 2 N–H and O–H groups in total. The van der Waals surface area contributed by atoms with E-state index in [0.29, 0.717) is 19.0 Å². The second-order valence-corrected chi connectivity index (χ2v) is 9.63. The molecule has 0 radical (unpaired) electrons. The highest BCUT2D eigenvalue weighted by Gasteiger charge is 2.45. The van der Waals surface area contributed by atoms with E-state index in [9.17, 15) is 4.79 Å². The Morgan fingerprint density at radius 2 is 1.94 bits per heavy atom. The molecule has 2 atom stereocenters. The predicted octanol–water partition coefficient (Wildman–Crippen LogP) is 3.86. The van der Waals surface area contributed by atoms with Gasteiger partial charge in [0.2, 0.25) is 5.88 Å². The lowest BCUT2D eigenvalue weighted by Crippen LogP contribution is -2.55. The maximum absolute atomic E-state index is 12.7. The van der Waals surface area contributed by atoms with Gasteiger partial charge in [0.15, 0.2) is 5.96 Å². The van der Waals surface area contributed by atoms with Crippen molar-refractivity contribution in [1.29, 1.82) is 0 Å². The lowest BCUT2D eigenvalue weighted by atomic mass is 9.98.